The summed E-state index contributed by atoms with van der Waals surface area (Å²) in [6.45, 7) is 1.17. The third kappa shape index (κ3) is 4.25. The minimum absolute atomic E-state index is 0.0741. The van der Waals surface area contributed by atoms with Gasteiger partial charge in [0.05, 0.1) is 17.6 Å². The van der Waals surface area contributed by atoms with Crippen molar-refractivity contribution in [3.63, 3.8) is 0 Å². The average Bonchev–Trinajstić information content (AvgIpc) is 3.00. The highest BCUT2D eigenvalue weighted by Crippen LogP contribution is 2.20. The molecule has 1 aliphatic rings. The normalized spacial score (nSPS) is 16.5. The van der Waals surface area contributed by atoms with Crippen LogP contribution in [0.5, 0.6) is 0 Å². The minimum atomic E-state index is -3.70. The maximum atomic E-state index is 13.9. The Morgan fingerprint density at radius 2 is 2.00 bits per heavy atom. The Balaban J connectivity index is 1.68. The van der Waals surface area contributed by atoms with Gasteiger partial charge in [-0.05, 0) is 24.6 Å². The lowest BCUT2D eigenvalue weighted by molar-refractivity contribution is 0.0763. The number of halogens is 2. The van der Waals surface area contributed by atoms with Gasteiger partial charge in [-0.3, -0.25) is 4.79 Å². The third-order valence-corrected chi connectivity index (χ3v) is 6.32. The van der Waals surface area contributed by atoms with Crippen molar-refractivity contribution in [3.05, 3.63) is 58.8 Å². The van der Waals surface area contributed by atoms with E-state index in [0.717, 1.165) is 6.07 Å². The zero-order chi connectivity index (χ0) is 18.7. The second-order valence-electron chi connectivity index (χ2n) is 6.05. The molecule has 0 radical (unpaired) electrons. The summed E-state index contributed by atoms with van der Waals surface area (Å²) in [5, 5.41) is 0.215. The van der Waals surface area contributed by atoms with Crippen LogP contribution in [0.25, 0.3) is 0 Å². The van der Waals surface area contributed by atoms with E-state index in [1.54, 1.807) is 11.0 Å². The summed E-state index contributed by atoms with van der Waals surface area (Å²) in [5.74, 6) is -1.28. The molecule has 140 valence electrons. The van der Waals surface area contributed by atoms with Crippen molar-refractivity contribution in [3.8, 4) is 0 Å². The van der Waals surface area contributed by atoms with Gasteiger partial charge in [0.15, 0.2) is 0 Å². The molecule has 1 saturated heterocycles. The van der Waals surface area contributed by atoms with Gasteiger partial charge in [-0.25, -0.2) is 12.8 Å². The Bertz CT molecular complexity index is 886. The van der Waals surface area contributed by atoms with Crippen LogP contribution in [0, 0.1) is 5.82 Å². The Morgan fingerprint density at radius 1 is 1.19 bits per heavy atom. The molecule has 0 aliphatic carbocycles. The van der Waals surface area contributed by atoms with E-state index in [0.29, 0.717) is 18.5 Å². The van der Waals surface area contributed by atoms with E-state index < -0.39 is 21.6 Å². The maximum absolute atomic E-state index is 13.9. The molecule has 2 aromatic rings. The number of carbonyl (C=O) groups excluding carboxylic acids is 1. The number of rotatable bonds is 4. The maximum Gasteiger partial charge on any atom is 0.257 e. The van der Waals surface area contributed by atoms with E-state index in [-0.39, 0.29) is 36.1 Å². The summed E-state index contributed by atoms with van der Waals surface area (Å²) in [6, 6.07) is 5.51. The predicted molar refractivity (Wildman–Crippen MR) is 94.8 cm³/mol. The molecule has 26 heavy (non-hydrogen) atoms. The lowest BCUT2D eigenvalue weighted by atomic mass is 10.2. The molecule has 0 unspecified atom stereocenters. The van der Waals surface area contributed by atoms with Gasteiger partial charge < -0.3 is 9.32 Å². The number of hydrogen-bond donors (Lipinski definition) is 0. The first-order valence-corrected chi connectivity index (χ1v) is 10.1. The molecule has 6 nitrogen and oxygen atoms in total. The summed E-state index contributed by atoms with van der Waals surface area (Å²) in [4.78, 5) is 14.0. The van der Waals surface area contributed by atoms with Gasteiger partial charge in [0, 0.05) is 36.8 Å². The van der Waals surface area contributed by atoms with Gasteiger partial charge in [0.1, 0.15) is 12.1 Å². The largest absolute Gasteiger partial charge is 0.472 e. The Hall–Kier alpha value is -1.90. The van der Waals surface area contributed by atoms with E-state index in [1.165, 1.54) is 29.0 Å². The number of sulfonamides is 1. The monoisotopic (exact) mass is 400 g/mol. The predicted octanol–water partition coefficient (Wildman–Crippen LogP) is 2.75. The molecule has 3 rings (SSSR count). The van der Waals surface area contributed by atoms with Gasteiger partial charge in [-0.1, -0.05) is 17.7 Å². The summed E-state index contributed by atoms with van der Waals surface area (Å²) < 4.78 is 45.5. The molecule has 2 heterocycles. The number of carbonyl (C=O) groups is 1. The van der Waals surface area contributed by atoms with Crippen LogP contribution in [0.3, 0.4) is 0 Å². The summed E-state index contributed by atoms with van der Waals surface area (Å²) >= 11 is 5.70. The van der Waals surface area contributed by atoms with Crippen LogP contribution in [0.1, 0.15) is 22.3 Å². The van der Waals surface area contributed by atoms with E-state index >= 15 is 0 Å². The molecule has 0 N–H and O–H groups in total. The third-order valence-electron chi connectivity index (χ3n) is 4.26. The van der Waals surface area contributed by atoms with Crippen molar-refractivity contribution >= 4 is 27.5 Å². The highest BCUT2D eigenvalue weighted by atomic mass is 35.5. The van der Waals surface area contributed by atoms with Crippen LogP contribution < -0.4 is 0 Å². The number of hydrogen-bond acceptors (Lipinski definition) is 4. The van der Waals surface area contributed by atoms with E-state index in [9.17, 15) is 17.6 Å². The fourth-order valence-electron chi connectivity index (χ4n) is 2.87. The van der Waals surface area contributed by atoms with E-state index in [4.69, 9.17) is 16.0 Å². The number of benzene rings is 1. The molecule has 9 heteroatoms. The van der Waals surface area contributed by atoms with E-state index in [1.807, 2.05) is 0 Å². The Kier molecular flexibility index (Phi) is 5.64. The molecular formula is C17H18ClFN2O4S. The van der Waals surface area contributed by atoms with Crippen molar-refractivity contribution < 1.29 is 22.0 Å². The molecule has 1 aliphatic heterocycles. The summed E-state index contributed by atoms with van der Waals surface area (Å²) in [5.41, 5.74) is 0.509. The summed E-state index contributed by atoms with van der Waals surface area (Å²) in [7, 11) is -3.70. The molecule has 0 bridgehead atoms. The van der Waals surface area contributed by atoms with Crippen LogP contribution in [0.4, 0.5) is 4.39 Å². The molecule has 0 saturated carbocycles. The van der Waals surface area contributed by atoms with Crippen molar-refractivity contribution in [2.45, 2.75) is 12.2 Å². The quantitative estimate of drug-likeness (QED) is 0.791. The number of furan rings is 1. The van der Waals surface area contributed by atoms with Crippen LogP contribution in [-0.2, 0) is 15.8 Å². The number of nitrogens with zero attached hydrogens (tertiary/aromatic N) is 2. The van der Waals surface area contributed by atoms with Crippen LogP contribution in [-0.4, -0.2) is 49.7 Å². The van der Waals surface area contributed by atoms with Crippen molar-refractivity contribution in [2.75, 3.05) is 26.2 Å². The SMILES string of the molecule is O=C(c1ccoc1)N1CCCN(S(=O)(=O)Cc2ccc(Cl)cc2F)CC1. The second kappa shape index (κ2) is 7.77. The average molecular weight is 401 g/mol. The lowest BCUT2D eigenvalue weighted by Gasteiger charge is -2.21. The van der Waals surface area contributed by atoms with Gasteiger partial charge >= 0.3 is 0 Å². The van der Waals surface area contributed by atoms with Gasteiger partial charge in [-0.2, -0.15) is 4.31 Å². The van der Waals surface area contributed by atoms with Gasteiger partial charge in [-0.15, -0.1) is 0 Å². The highest BCUT2D eigenvalue weighted by Gasteiger charge is 2.28. The molecular weight excluding hydrogens is 383 g/mol. The Labute approximate surface area is 156 Å². The second-order valence-corrected chi connectivity index (χ2v) is 8.45. The Morgan fingerprint density at radius 3 is 2.69 bits per heavy atom. The van der Waals surface area contributed by atoms with Crippen molar-refractivity contribution in [2.24, 2.45) is 0 Å². The first-order valence-electron chi connectivity index (χ1n) is 8.10. The van der Waals surface area contributed by atoms with Crippen LogP contribution in [0.15, 0.2) is 41.2 Å². The van der Waals surface area contributed by atoms with Gasteiger partial charge in [0.25, 0.3) is 5.91 Å². The number of amides is 1. The zero-order valence-electron chi connectivity index (χ0n) is 13.9. The lowest BCUT2D eigenvalue weighted by Crippen LogP contribution is -2.37. The molecule has 1 amide bonds. The fraction of sp³-hybridized carbons (Fsp3) is 0.353. The zero-order valence-corrected chi connectivity index (χ0v) is 15.5. The smallest absolute Gasteiger partial charge is 0.257 e. The molecule has 1 fully saturated rings. The van der Waals surface area contributed by atoms with Crippen LogP contribution >= 0.6 is 11.6 Å². The molecule has 1 aromatic heterocycles. The molecule has 0 spiro atoms. The standard InChI is InChI=1S/C17H18ClFN2O4S/c18-15-3-2-14(16(19)10-15)12-26(23,24)21-6-1-5-20(7-8-21)17(22)13-4-9-25-11-13/h2-4,9-11H,1,5-8,12H2. The van der Waals surface area contributed by atoms with Crippen LogP contribution in [0.2, 0.25) is 5.02 Å². The molecule has 0 atom stereocenters. The minimum Gasteiger partial charge on any atom is -0.472 e. The molecule has 1 aromatic carbocycles. The summed E-state index contributed by atoms with van der Waals surface area (Å²) in [6.07, 6.45) is 3.29. The topological polar surface area (TPSA) is 70.8 Å². The first kappa shape index (κ1) is 18.9. The van der Waals surface area contributed by atoms with E-state index in [2.05, 4.69) is 0 Å². The van der Waals surface area contributed by atoms with Crippen molar-refractivity contribution in [1.82, 2.24) is 9.21 Å². The highest BCUT2D eigenvalue weighted by molar-refractivity contribution is 7.88. The van der Waals surface area contributed by atoms with Gasteiger partial charge in [0.2, 0.25) is 10.0 Å². The first-order chi connectivity index (χ1) is 12.4. The fourth-order valence-corrected chi connectivity index (χ4v) is 4.61. The van der Waals surface area contributed by atoms with Crippen molar-refractivity contribution in [1.29, 1.82) is 0 Å².